The van der Waals surface area contributed by atoms with Gasteiger partial charge in [-0.25, -0.2) is 0 Å². The maximum absolute atomic E-state index is 11.6. The van der Waals surface area contributed by atoms with Gasteiger partial charge < -0.3 is 0 Å². The van der Waals surface area contributed by atoms with E-state index in [0.717, 1.165) is 15.2 Å². The highest BCUT2D eigenvalue weighted by molar-refractivity contribution is 9.10. The van der Waals surface area contributed by atoms with E-state index in [-0.39, 0.29) is 5.91 Å². The Labute approximate surface area is 107 Å². The third-order valence-corrected chi connectivity index (χ3v) is 3.37. The fraction of sp³-hybridized carbons (Fsp3) is 0.0833. The van der Waals surface area contributed by atoms with E-state index < -0.39 is 0 Å². The summed E-state index contributed by atoms with van der Waals surface area (Å²) in [6.45, 7) is 0. The van der Waals surface area contributed by atoms with Gasteiger partial charge in [0.05, 0.1) is 0 Å². The van der Waals surface area contributed by atoms with Crippen LogP contribution in [0.1, 0.15) is 10.4 Å². The molecule has 0 heterocycles. The first-order chi connectivity index (χ1) is 7.72. The summed E-state index contributed by atoms with van der Waals surface area (Å²) in [6, 6.07) is 11.6. The predicted molar refractivity (Wildman–Crippen MR) is 72.6 cm³/mol. The third-order valence-electron chi connectivity index (χ3n) is 2.28. The largest absolute Gasteiger partial charge is 0.296 e. The van der Waals surface area contributed by atoms with Crippen LogP contribution < -0.4 is 4.72 Å². The normalized spacial score (nSPS) is 10.4. The Morgan fingerprint density at radius 3 is 2.88 bits per heavy atom. The van der Waals surface area contributed by atoms with E-state index in [0.29, 0.717) is 5.56 Å². The van der Waals surface area contributed by atoms with Crippen LogP contribution in [0.15, 0.2) is 40.9 Å². The lowest BCUT2D eigenvalue weighted by atomic mass is 10.1. The number of halogens is 1. The summed E-state index contributed by atoms with van der Waals surface area (Å²) in [6.07, 6.45) is 1.83. The van der Waals surface area contributed by atoms with Gasteiger partial charge in [0.15, 0.2) is 0 Å². The van der Waals surface area contributed by atoms with Gasteiger partial charge >= 0.3 is 0 Å². The fourth-order valence-corrected chi connectivity index (χ4v) is 2.35. The smallest absolute Gasteiger partial charge is 0.261 e. The molecule has 2 aromatic carbocycles. The van der Waals surface area contributed by atoms with Crippen molar-refractivity contribution >= 4 is 44.6 Å². The Kier molecular flexibility index (Phi) is 3.51. The first-order valence-corrected chi connectivity index (χ1v) is 6.76. The average Bonchev–Trinajstić information content (AvgIpc) is 2.29. The molecule has 82 valence electrons. The molecule has 0 saturated carbocycles. The van der Waals surface area contributed by atoms with Gasteiger partial charge in [-0.15, -0.1) is 0 Å². The molecule has 0 fully saturated rings. The molecule has 0 aliphatic heterocycles. The molecule has 2 nitrogen and oxygen atoms in total. The predicted octanol–water partition coefficient (Wildman–Crippen LogP) is 3.61. The number of benzene rings is 2. The molecule has 0 unspecified atom stereocenters. The van der Waals surface area contributed by atoms with Crippen molar-refractivity contribution in [2.75, 3.05) is 6.26 Å². The summed E-state index contributed by atoms with van der Waals surface area (Å²) in [4.78, 5) is 11.6. The van der Waals surface area contributed by atoms with E-state index in [1.165, 1.54) is 11.9 Å². The zero-order chi connectivity index (χ0) is 11.5. The summed E-state index contributed by atoms with van der Waals surface area (Å²) in [5.74, 6) is -0.0608. The van der Waals surface area contributed by atoms with Crippen molar-refractivity contribution in [1.82, 2.24) is 4.72 Å². The maximum Gasteiger partial charge on any atom is 0.261 e. The number of carbonyl (C=O) groups excluding carboxylic acids is 1. The minimum Gasteiger partial charge on any atom is -0.296 e. The Balaban J connectivity index is 2.48. The molecule has 4 heteroatoms. The van der Waals surface area contributed by atoms with Gasteiger partial charge in [-0.2, -0.15) is 0 Å². The molecule has 0 spiro atoms. The van der Waals surface area contributed by atoms with Crippen molar-refractivity contribution in [1.29, 1.82) is 0 Å². The average molecular weight is 296 g/mol. The highest BCUT2D eigenvalue weighted by atomic mass is 79.9. The summed E-state index contributed by atoms with van der Waals surface area (Å²) in [7, 11) is 0. The SMILES string of the molecule is CSNC(=O)c1ccc2c(Br)cccc2c1. The lowest BCUT2D eigenvalue weighted by molar-refractivity contribution is 0.0984. The van der Waals surface area contributed by atoms with Gasteiger partial charge in [0.25, 0.3) is 5.91 Å². The van der Waals surface area contributed by atoms with Crippen molar-refractivity contribution in [3.63, 3.8) is 0 Å². The minimum atomic E-state index is -0.0608. The van der Waals surface area contributed by atoms with Crippen molar-refractivity contribution in [3.05, 3.63) is 46.4 Å². The first-order valence-electron chi connectivity index (χ1n) is 4.74. The summed E-state index contributed by atoms with van der Waals surface area (Å²) in [5.41, 5.74) is 0.681. The quantitative estimate of drug-likeness (QED) is 0.858. The number of hydrogen-bond acceptors (Lipinski definition) is 2. The first kappa shape index (κ1) is 11.5. The van der Waals surface area contributed by atoms with Crippen LogP contribution in [-0.4, -0.2) is 12.2 Å². The fourth-order valence-electron chi connectivity index (χ4n) is 1.54. The number of amides is 1. The van der Waals surface area contributed by atoms with E-state index in [4.69, 9.17) is 0 Å². The van der Waals surface area contributed by atoms with E-state index >= 15 is 0 Å². The number of rotatable bonds is 2. The second-order valence-corrected chi connectivity index (χ2v) is 4.78. The zero-order valence-electron chi connectivity index (χ0n) is 8.66. The van der Waals surface area contributed by atoms with Crippen molar-refractivity contribution in [2.24, 2.45) is 0 Å². The molecule has 1 amide bonds. The zero-order valence-corrected chi connectivity index (χ0v) is 11.1. The van der Waals surface area contributed by atoms with E-state index in [9.17, 15) is 4.79 Å². The van der Waals surface area contributed by atoms with Crippen molar-refractivity contribution < 1.29 is 4.79 Å². The highest BCUT2D eigenvalue weighted by Crippen LogP contribution is 2.24. The second kappa shape index (κ2) is 4.89. The molecular weight excluding hydrogens is 286 g/mol. The number of fused-ring (bicyclic) bond motifs is 1. The number of carbonyl (C=O) groups is 1. The third kappa shape index (κ3) is 2.23. The Morgan fingerprint density at radius 2 is 2.12 bits per heavy atom. The summed E-state index contributed by atoms with van der Waals surface area (Å²) in [5, 5.41) is 2.17. The van der Waals surface area contributed by atoms with E-state index in [1.807, 2.05) is 42.7 Å². The standard InChI is InChI=1S/C12H10BrNOS/c1-16-14-12(15)9-5-6-10-8(7-9)3-2-4-11(10)13/h2-7H,1H3,(H,14,15). The Bertz CT molecular complexity index is 542. The molecule has 2 rings (SSSR count). The monoisotopic (exact) mass is 295 g/mol. The van der Waals surface area contributed by atoms with Gasteiger partial charge in [-0.3, -0.25) is 9.52 Å². The van der Waals surface area contributed by atoms with Crippen LogP contribution in [0.25, 0.3) is 10.8 Å². The van der Waals surface area contributed by atoms with Gasteiger partial charge in [0.1, 0.15) is 0 Å². The Morgan fingerprint density at radius 1 is 1.31 bits per heavy atom. The topological polar surface area (TPSA) is 29.1 Å². The molecule has 0 saturated heterocycles. The maximum atomic E-state index is 11.6. The van der Waals surface area contributed by atoms with Crippen LogP contribution in [0.2, 0.25) is 0 Å². The number of hydrogen-bond donors (Lipinski definition) is 1. The van der Waals surface area contributed by atoms with E-state index in [1.54, 1.807) is 0 Å². The summed E-state index contributed by atoms with van der Waals surface area (Å²) >= 11 is 4.79. The number of nitrogens with one attached hydrogen (secondary N) is 1. The van der Waals surface area contributed by atoms with Crippen LogP contribution in [0.4, 0.5) is 0 Å². The van der Waals surface area contributed by atoms with Gasteiger partial charge in [0.2, 0.25) is 0 Å². The molecule has 0 radical (unpaired) electrons. The molecule has 0 aromatic heterocycles. The van der Waals surface area contributed by atoms with Gasteiger partial charge in [-0.1, -0.05) is 46.1 Å². The highest BCUT2D eigenvalue weighted by Gasteiger charge is 2.06. The van der Waals surface area contributed by atoms with Crippen LogP contribution in [0.3, 0.4) is 0 Å². The molecule has 0 atom stereocenters. The Hall–Kier alpha value is -1.00. The molecular formula is C12H10BrNOS. The van der Waals surface area contributed by atoms with Crippen molar-refractivity contribution in [3.8, 4) is 0 Å². The molecule has 0 bridgehead atoms. The minimum absolute atomic E-state index is 0.0608. The van der Waals surface area contributed by atoms with Gasteiger partial charge in [0, 0.05) is 16.3 Å². The molecule has 16 heavy (non-hydrogen) atoms. The molecule has 0 aliphatic rings. The lowest BCUT2D eigenvalue weighted by Gasteiger charge is -2.04. The molecule has 0 aliphatic carbocycles. The van der Waals surface area contributed by atoms with Crippen LogP contribution in [-0.2, 0) is 0 Å². The van der Waals surface area contributed by atoms with Crippen molar-refractivity contribution in [2.45, 2.75) is 0 Å². The summed E-state index contributed by atoms with van der Waals surface area (Å²) < 4.78 is 3.75. The van der Waals surface area contributed by atoms with Crippen LogP contribution in [0, 0.1) is 0 Å². The van der Waals surface area contributed by atoms with Crippen LogP contribution in [0.5, 0.6) is 0 Å². The van der Waals surface area contributed by atoms with E-state index in [2.05, 4.69) is 20.7 Å². The van der Waals surface area contributed by atoms with Crippen LogP contribution >= 0.6 is 27.9 Å². The molecule has 2 aromatic rings. The second-order valence-electron chi connectivity index (χ2n) is 3.31. The van der Waals surface area contributed by atoms with Gasteiger partial charge in [-0.05, 0) is 29.0 Å². The molecule has 1 N–H and O–H groups in total. The lowest BCUT2D eigenvalue weighted by Crippen LogP contribution is -2.14.